The molecule has 131 heavy (non-hydrogen) atoms. The molecule has 0 saturated carbocycles. The molecule has 12 aromatic rings. The number of rotatable bonds is 30. The molecule has 0 aliphatic carbocycles. The average molecular weight is 1870 g/mol. The van der Waals surface area contributed by atoms with E-state index in [1.807, 2.05) is 118 Å². The van der Waals surface area contributed by atoms with Gasteiger partial charge < -0.3 is 21.3 Å². The Balaban J connectivity index is 0.000000177. The Morgan fingerprint density at radius 3 is 0.962 bits per heavy atom. The molecule has 8 aromatic carbocycles. The summed E-state index contributed by atoms with van der Waals surface area (Å²) in [6.07, 6.45) is 8.12. The van der Waals surface area contributed by atoms with Crippen LogP contribution in [0.1, 0.15) is 146 Å². The first-order valence-electron chi connectivity index (χ1n) is 41.9. The Kier molecular flexibility index (Phi) is 36.2. The SMILES string of the molecule is C[C@@H](Cn1c(=O)c(CC(=O)CCCCl)cn(Cc2c(F)cccc2F)c1=O)c1ccccc1.C[C@@H](Cn1c(=O)c(N)cn(Cc2c(F)cccc2F)c1=O)c1ccccc1.C[C@@H](Cn1c(=O)c(N2CCCC2=O)cn(Cc2c(F)cccc2F)c1=O)c1ccccc1.N[C@@H](Cn1c(=O)c(N2CCCC2=O)cn(Cc2c(F)cccc2F)c1=O)c1ccccc1.O=C(Cl)CCCCl. The fourth-order valence-corrected chi connectivity index (χ4v) is 15.1. The Morgan fingerprint density at radius 1 is 0.366 bits per heavy atom. The number of halogens is 11. The molecular weight excluding hydrogens is 1770 g/mol. The molecule has 0 bridgehead atoms. The van der Waals surface area contributed by atoms with Gasteiger partial charge in [0.2, 0.25) is 17.1 Å². The lowest BCUT2D eigenvalue weighted by molar-refractivity contribution is -0.119. The van der Waals surface area contributed by atoms with Crippen molar-refractivity contribution in [2.75, 3.05) is 40.4 Å². The molecule has 688 valence electrons. The van der Waals surface area contributed by atoms with Gasteiger partial charge in [0.05, 0.1) is 32.7 Å². The molecule has 4 atom stereocenters. The molecule has 2 amide bonds. The lowest BCUT2D eigenvalue weighted by atomic mass is 10.0. The maximum atomic E-state index is 14.3. The zero-order chi connectivity index (χ0) is 94.9. The van der Waals surface area contributed by atoms with Crippen LogP contribution in [0.2, 0.25) is 0 Å². The van der Waals surface area contributed by atoms with Crippen LogP contribution in [0.5, 0.6) is 0 Å². The van der Waals surface area contributed by atoms with Crippen LogP contribution in [0.15, 0.2) is 257 Å². The van der Waals surface area contributed by atoms with Gasteiger partial charge in [-0.05, 0) is 126 Å². The fourth-order valence-electron chi connectivity index (χ4n) is 14.7. The number of Topliss-reactive ketones (excluding diaryl/α,β-unsaturated/α-hetero) is 1. The average Bonchev–Trinajstić information content (AvgIpc) is 1.58. The molecule has 6 heterocycles. The minimum Gasteiger partial charge on any atom is -0.393 e. The first kappa shape index (κ1) is 100.0. The molecule has 4 aromatic heterocycles. The lowest BCUT2D eigenvalue weighted by Crippen LogP contribution is -2.45. The zero-order valence-electron chi connectivity index (χ0n) is 71.6. The van der Waals surface area contributed by atoms with Crippen molar-refractivity contribution in [2.45, 2.75) is 155 Å². The number of hydrogen-bond donors (Lipinski definition) is 2. The number of amides is 2. The molecule has 35 heteroatoms. The number of nitrogens with two attached hydrogens (primary N) is 2. The smallest absolute Gasteiger partial charge is 0.331 e. The van der Waals surface area contributed by atoms with Gasteiger partial charge in [-0.15, -0.1) is 23.2 Å². The standard InChI is InChI=1S/C25H25ClF2N2O3.C24H23F2N3O3.C23H22F2N4O3.C20H19F2N3O2.C4H6Cl2O/c1-17(18-7-3-2-4-8-18)14-30-24(32)19(13-20(31)9-6-12-26)15-29(25(30)33)16-21-22(27)10-5-11-23(21)28;1-16(17-7-3-2-4-8-17)13-29-23(31)21(28-12-6-11-22(28)30)15-27(24(29)32)14-18-19(25)9-5-10-20(18)26;24-17-8-4-9-18(25)16(17)12-27-14-20(28-11-5-10-21(28)30)22(31)29(23(27)32)13-19(26)15-6-2-1-3-7-15;1-13(14-6-3-2-4-7-14)10-25-19(26)18(23)12-24(20(25)27)11-15-16(21)8-5-9-17(15)22;5-3-1-2-4(6)7/h2-5,7-8,10-11,15,17H,6,9,12-14,16H2,1H3;2-5,7-10,15-16H,6,11-14H2,1H3;1-4,6-9,14,19H,5,10-13,26H2;2-9,12-13H,10-11,23H2,1H3;1-3H2/t17-;16-;19-;13-;/m0000./s1. The van der Waals surface area contributed by atoms with Gasteiger partial charge in [-0.1, -0.05) is 166 Å². The van der Waals surface area contributed by atoms with Crippen LogP contribution in [0, 0.1) is 46.5 Å². The van der Waals surface area contributed by atoms with Crippen LogP contribution in [0.25, 0.3) is 0 Å². The van der Waals surface area contributed by atoms with Crippen LogP contribution < -0.4 is 66.3 Å². The van der Waals surface area contributed by atoms with Crippen LogP contribution in [0.3, 0.4) is 0 Å². The molecule has 2 aliphatic rings. The highest BCUT2D eigenvalue weighted by atomic mass is 35.5. The molecular formula is C96H95Cl3F8N12O12. The monoisotopic (exact) mass is 1860 g/mol. The summed E-state index contributed by atoms with van der Waals surface area (Å²) < 4.78 is 122. The van der Waals surface area contributed by atoms with Gasteiger partial charge in [-0.2, -0.15) is 0 Å². The molecule has 2 saturated heterocycles. The Bertz CT molecular complexity index is 6300. The van der Waals surface area contributed by atoms with Crippen molar-refractivity contribution in [1.29, 1.82) is 0 Å². The third kappa shape index (κ3) is 26.1. The van der Waals surface area contributed by atoms with Gasteiger partial charge in [-0.25, -0.2) is 54.3 Å². The summed E-state index contributed by atoms with van der Waals surface area (Å²) >= 11 is 15.8. The van der Waals surface area contributed by atoms with Crippen LogP contribution in [-0.4, -0.2) is 84.2 Å². The predicted molar refractivity (Wildman–Crippen MR) is 487 cm³/mol. The van der Waals surface area contributed by atoms with Gasteiger partial charge in [-0.3, -0.25) is 74.9 Å². The third-order valence-corrected chi connectivity index (χ3v) is 22.6. The van der Waals surface area contributed by atoms with Gasteiger partial charge in [0.1, 0.15) is 69.4 Å². The lowest BCUT2D eigenvalue weighted by Gasteiger charge is -2.21. The molecule has 0 radical (unpaired) electrons. The van der Waals surface area contributed by atoms with E-state index >= 15 is 0 Å². The summed E-state index contributed by atoms with van der Waals surface area (Å²) in [5.41, 5.74) is 9.11. The highest BCUT2D eigenvalue weighted by Gasteiger charge is 2.31. The van der Waals surface area contributed by atoms with Crippen molar-refractivity contribution in [3.05, 3.63) is 399 Å². The topological polar surface area (TPSA) is 303 Å². The van der Waals surface area contributed by atoms with E-state index in [-0.39, 0.29) is 137 Å². The second kappa shape index (κ2) is 47.4. The highest BCUT2D eigenvalue weighted by molar-refractivity contribution is 6.63. The quantitative estimate of drug-likeness (QED) is 0.0240. The van der Waals surface area contributed by atoms with Crippen LogP contribution in [-0.2, 0) is 78.0 Å². The van der Waals surface area contributed by atoms with E-state index in [9.17, 15) is 92.7 Å². The number of benzene rings is 8. The number of hydrogen-bond acceptors (Lipinski definition) is 14. The summed E-state index contributed by atoms with van der Waals surface area (Å²) in [6, 6.07) is 50.2. The van der Waals surface area contributed by atoms with Crippen LogP contribution in [0.4, 0.5) is 52.2 Å². The van der Waals surface area contributed by atoms with Gasteiger partial charge >= 0.3 is 22.8 Å². The summed E-state index contributed by atoms with van der Waals surface area (Å²) in [5, 5.41) is -0.305. The van der Waals surface area contributed by atoms with Crippen LogP contribution >= 0.6 is 34.8 Å². The highest BCUT2D eigenvalue weighted by Crippen LogP contribution is 2.26. The largest absolute Gasteiger partial charge is 0.393 e. The van der Waals surface area contributed by atoms with E-state index in [1.165, 1.54) is 52.7 Å². The van der Waals surface area contributed by atoms with E-state index in [0.717, 1.165) is 108 Å². The third-order valence-electron chi connectivity index (χ3n) is 21.9. The molecule has 0 unspecified atom stereocenters. The van der Waals surface area contributed by atoms with E-state index < -0.39 is 117 Å². The summed E-state index contributed by atoms with van der Waals surface area (Å²) in [5.74, 6) is -6.64. The van der Waals surface area contributed by atoms with Crippen molar-refractivity contribution in [3.8, 4) is 0 Å². The number of anilines is 3. The number of carbonyl (C=O) groups excluding carboxylic acids is 4. The first-order valence-corrected chi connectivity index (χ1v) is 43.4. The van der Waals surface area contributed by atoms with E-state index in [4.69, 9.17) is 46.3 Å². The number of nitrogen functional groups attached to an aromatic ring is 1. The molecule has 14 rings (SSSR count). The molecule has 4 N–H and O–H groups in total. The summed E-state index contributed by atoms with van der Waals surface area (Å²) in [7, 11) is 0. The van der Waals surface area contributed by atoms with Crippen molar-refractivity contribution in [1.82, 2.24) is 36.5 Å². The minimum absolute atomic E-state index is 0.0101. The molecule has 0 spiro atoms. The summed E-state index contributed by atoms with van der Waals surface area (Å²) in [4.78, 5) is 154. The number of aromatic nitrogens is 8. The molecule has 2 fully saturated rings. The normalized spacial score (nSPS) is 13.2. The van der Waals surface area contributed by atoms with Gasteiger partial charge in [0, 0.05) is 135 Å². The maximum Gasteiger partial charge on any atom is 0.331 e. The second-order valence-electron chi connectivity index (χ2n) is 31.3. The van der Waals surface area contributed by atoms with E-state index in [0.29, 0.717) is 68.9 Å². The summed E-state index contributed by atoms with van der Waals surface area (Å²) in [6.45, 7) is 4.80. The Morgan fingerprint density at radius 2 is 0.656 bits per heavy atom. The van der Waals surface area contributed by atoms with Crippen molar-refractivity contribution < 1.29 is 54.3 Å². The van der Waals surface area contributed by atoms with Crippen molar-refractivity contribution in [2.24, 2.45) is 5.73 Å². The van der Waals surface area contributed by atoms with Gasteiger partial charge in [0.25, 0.3) is 22.2 Å². The molecule has 2 aliphatic heterocycles. The second-order valence-corrected chi connectivity index (χ2v) is 32.5. The fraction of sp³-hybridized carbons (Fsp3) is 0.292. The van der Waals surface area contributed by atoms with E-state index in [2.05, 4.69) is 0 Å². The number of ketones is 1. The van der Waals surface area contributed by atoms with Gasteiger partial charge in [0.15, 0.2) is 0 Å². The maximum absolute atomic E-state index is 14.3. The minimum atomic E-state index is -0.811. The molecule has 24 nitrogen and oxygen atoms in total. The number of alkyl halides is 2. The first-order chi connectivity index (χ1) is 62.7. The zero-order valence-corrected chi connectivity index (χ0v) is 73.9. The Hall–Kier alpha value is -13.2. The number of carbonyl (C=O) groups is 4. The predicted octanol–water partition coefficient (Wildman–Crippen LogP) is 14.2. The van der Waals surface area contributed by atoms with E-state index in [1.54, 1.807) is 24.3 Å². The van der Waals surface area contributed by atoms with Crippen molar-refractivity contribution in [3.63, 3.8) is 0 Å². The Labute approximate surface area is 761 Å². The number of nitrogens with zero attached hydrogens (tertiary/aromatic N) is 10. The van der Waals surface area contributed by atoms with Crippen molar-refractivity contribution >= 4 is 74.7 Å².